The van der Waals surface area contributed by atoms with Crippen molar-refractivity contribution in [2.75, 3.05) is 13.6 Å². The largest absolute Gasteiger partial charge is 0.376 e. The molecule has 1 aliphatic rings. The summed E-state index contributed by atoms with van der Waals surface area (Å²) in [6.45, 7) is 5.47. The summed E-state index contributed by atoms with van der Waals surface area (Å²) in [6, 6.07) is 0. The molecule has 2 unspecified atom stereocenters. The Kier molecular flexibility index (Phi) is 3.34. The van der Waals surface area contributed by atoms with Gasteiger partial charge in [-0.15, -0.1) is 0 Å². The first-order valence-corrected chi connectivity index (χ1v) is 4.52. The van der Waals surface area contributed by atoms with E-state index in [9.17, 15) is 0 Å². The van der Waals surface area contributed by atoms with Crippen molar-refractivity contribution >= 4 is 0 Å². The highest BCUT2D eigenvalue weighted by atomic mass is 16.5. The summed E-state index contributed by atoms with van der Waals surface area (Å²) in [7, 11) is 2.02. The number of nitrogens with one attached hydrogen (secondary N) is 1. The van der Waals surface area contributed by atoms with E-state index in [2.05, 4.69) is 19.2 Å². The average molecular weight is 157 g/mol. The van der Waals surface area contributed by atoms with E-state index in [0.29, 0.717) is 12.2 Å². The maximum atomic E-state index is 5.63. The molecule has 0 amide bonds. The fraction of sp³-hybridized carbons (Fsp3) is 1.00. The van der Waals surface area contributed by atoms with Crippen molar-refractivity contribution in [3.05, 3.63) is 0 Å². The molecule has 0 saturated carbocycles. The van der Waals surface area contributed by atoms with Crippen LogP contribution in [0.25, 0.3) is 0 Å². The first kappa shape index (κ1) is 9.01. The molecule has 0 aliphatic carbocycles. The third-order valence-electron chi connectivity index (χ3n) is 2.29. The first-order chi connectivity index (χ1) is 5.22. The van der Waals surface area contributed by atoms with Crippen LogP contribution in [-0.2, 0) is 4.74 Å². The maximum Gasteiger partial charge on any atom is 0.0553 e. The molecule has 2 atom stereocenters. The molecule has 1 heterocycles. The van der Waals surface area contributed by atoms with Crippen LogP contribution >= 0.6 is 0 Å². The van der Waals surface area contributed by atoms with Gasteiger partial charge in [-0.1, -0.05) is 0 Å². The summed E-state index contributed by atoms with van der Waals surface area (Å²) in [5, 5.41) is 3.22. The Balaban J connectivity index is 2.30. The smallest absolute Gasteiger partial charge is 0.0553 e. The van der Waals surface area contributed by atoms with E-state index in [1.807, 2.05) is 7.05 Å². The molecule has 2 nitrogen and oxygen atoms in total. The summed E-state index contributed by atoms with van der Waals surface area (Å²) >= 11 is 0. The molecular formula is C9H19NO. The maximum absolute atomic E-state index is 5.63. The van der Waals surface area contributed by atoms with Crippen LogP contribution in [-0.4, -0.2) is 25.8 Å². The molecule has 0 aromatic rings. The number of ether oxygens (including phenoxy) is 1. The van der Waals surface area contributed by atoms with E-state index >= 15 is 0 Å². The number of hydrogen-bond donors (Lipinski definition) is 1. The van der Waals surface area contributed by atoms with Crippen LogP contribution in [0.15, 0.2) is 0 Å². The van der Waals surface area contributed by atoms with Gasteiger partial charge in [0.2, 0.25) is 0 Å². The van der Waals surface area contributed by atoms with Crippen LogP contribution in [0, 0.1) is 5.92 Å². The van der Waals surface area contributed by atoms with E-state index in [4.69, 9.17) is 4.74 Å². The third kappa shape index (κ3) is 2.80. The zero-order chi connectivity index (χ0) is 8.27. The van der Waals surface area contributed by atoms with Crippen LogP contribution in [0.5, 0.6) is 0 Å². The predicted octanol–water partition coefficient (Wildman–Crippen LogP) is 1.41. The minimum atomic E-state index is 0.456. The average Bonchev–Trinajstić information content (AvgIpc) is 1.85. The van der Waals surface area contributed by atoms with Gasteiger partial charge in [0.05, 0.1) is 12.2 Å². The van der Waals surface area contributed by atoms with Crippen LogP contribution < -0.4 is 5.32 Å². The summed E-state index contributed by atoms with van der Waals surface area (Å²) < 4.78 is 5.63. The quantitative estimate of drug-likeness (QED) is 0.654. The molecule has 0 aromatic carbocycles. The zero-order valence-corrected chi connectivity index (χ0v) is 7.76. The van der Waals surface area contributed by atoms with Gasteiger partial charge in [0.15, 0.2) is 0 Å². The molecular weight excluding hydrogens is 138 g/mol. The highest BCUT2D eigenvalue weighted by molar-refractivity contribution is 4.74. The van der Waals surface area contributed by atoms with Gasteiger partial charge in [0, 0.05) is 0 Å². The summed E-state index contributed by atoms with van der Waals surface area (Å²) in [5.41, 5.74) is 0. The highest BCUT2D eigenvalue weighted by Crippen LogP contribution is 2.23. The Morgan fingerprint density at radius 1 is 1.27 bits per heavy atom. The molecule has 0 radical (unpaired) electrons. The number of rotatable bonds is 2. The molecule has 2 heteroatoms. The fourth-order valence-electron chi connectivity index (χ4n) is 2.00. The van der Waals surface area contributed by atoms with Gasteiger partial charge in [-0.05, 0) is 46.2 Å². The van der Waals surface area contributed by atoms with Crippen molar-refractivity contribution in [1.29, 1.82) is 0 Å². The van der Waals surface area contributed by atoms with Gasteiger partial charge in [0.25, 0.3) is 0 Å². The topological polar surface area (TPSA) is 21.3 Å². The molecule has 1 rings (SSSR count). The molecule has 1 N–H and O–H groups in total. The van der Waals surface area contributed by atoms with E-state index in [1.54, 1.807) is 0 Å². The van der Waals surface area contributed by atoms with Crippen LogP contribution in [0.4, 0.5) is 0 Å². The Morgan fingerprint density at radius 2 is 1.82 bits per heavy atom. The second-order valence-corrected chi connectivity index (χ2v) is 3.65. The van der Waals surface area contributed by atoms with Gasteiger partial charge in [-0.2, -0.15) is 0 Å². The zero-order valence-electron chi connectivity index (χ0n) is 7.76. The third-order valence-corrected chi connectivity index (χ3v) is 2.29. The van der Waals surface area contributed by atoms with Crippen molar-refractivity contribution in [1.82, 2.24) is 5.32 Å². The van der Waals surface area contributed by atoms with Crippen LogP contribution in [0.2, 0.25) is 0 Å². The van der Waals surface area contributed by atoms with Crippen molar-refractivity contribution < 1.29 is 4.74 Å². The van der Waals surface area contributed by atoms with E-state index in [0.717, 1.165) is 12.5 Å². The van der Waals surface area contributed by atoms with Crippen LogP contribution in [0.3, 0.4) is 0 Å². The summed E-state index contributed by atoms with van der Waals surface area (Å²) in [6.07, 6.45) is 3.34. The molecule has 0 spiro atoms. The predicted molar refractivity (Wildman–Crippen MR) is 46.7 cm³/mol. The normalized spacial score (nSPS) is 39.0. The lowest BCUT2D eigenvalue weighted by Gasteiger charge is -2.31. The van der Waals surface area contributed by atoms with Crippen molar-refractivity contribution in [2.24, 2.45) is 5.92 Å². The minimum Gasteiger partial charge on any atom is -0.376 e. The van der Waals surface area contributed by atoms with Gasteiger partial charge in [-0.3, -0.25) is 0 Å². The molecule has 0 bridgehead atoms. The molecule has 66 valence electrons. The van der Waals surface area contributed by atoms with Gasteiger partial charge in [0.1, 0.15) is 0 Å². The molecule has 0 aromatic heterocycles. The lowest BCUT2D eigenvalue weighted by molar-refractivity contribution is -0.0512. The molecule has 1 fully saturated rings. The van der Waals surface area contributed by atoms with E-state index < -0.39 is 0 Å². The standard InChI is InChI=1S/C9H19NO/c1-7-4-9(6-10-3)5-8(2)11-7/h7-10H,4-6H2,1-3H3. The second-order valence-electron chi connectivity index (χ2n) is 3.65. The highest BCUT2D eigenvalue weighted by Gasteiger charge is 2.23. The lowest BCUT2D eigenvalue weighted by Crippen LogP contribution is -2.33. The SMILES string of the molecule is CNCC1CC(C)OC(C)C1. The minimum absolute atomic E-state index is 0.456. The van der Waals surface area contributed by atoms with E-state index in [-0.39, 0.29) is 0 Å². The Morgan fingerprint density at radius 3 is 2.27 bits per heavy atom. The van der Waals surface area contributed by atoms with Gasteiger partial charge >= 0.3 is 0 Å². The Hall–Kier alpha value is -0.0800. The molecule has 11 heavy (non-hydrogen) atoms. The monoisotopic (exact) mass is 157 g/mol. The Bertz CT molecular complexity index is 106. The summed E-state index contributed by atoms with van der Waals surface area (Å²) in [4.78, 5) is 0. The van der Waals surface area contributed by atoms with Crippen molar-refractivity contribution in [3.8, 4) is 0 Å². The first-order valence-electron chi connectivity index (χ1n) is 4.52. The van der Waals surface area contributed by atoms with E-state index in [1.165, 1.54) is 12.8 Å². The Labute approximate surface area is 69.3 Å². The van der Waals surface area contributed by atoms with Gasteiger partial charge in [-0.25, -0.2) is 0 Å². The van der Waals surface area contributed by atoms with Crippen molar-refractivity contribution in [2.45, 2.75) is 38.9 Å². The lowest BCUT2D eigenvalue weighted by atomic mass is 9.93. The molecule has 1 aliphatic heterocycles. The van der Waals surface area contributed by atoms with Crippen molar-refractivity contribution in [3.63, 3.8) is 0 Å². The fourth-order valence-corrected chi connectivity index (χ4v) is 2.00. The van der Waals surface area contributed by atoms with Crippen LogP contribution in [0.1, 0.15) is 26.7 Å². The summed E-state index contributed by atoms with van der Waals surface area (Å²) in [5.74, 6) is 0.818. The molecule has 1 saturated heterocycles. The second kappa shape index (κ2) is 4.07. The number of hydrogen-bond acceptors (Lipinski definition) is 2. The van der Waals surface area contributed by atoms with Gasteiger partial charge < -0.3 is 10.1 Å².